The highest BCUT2D eigenvalue weighted by atomic mass is 35.5. The largest absolute Gasteiger partial charge is 0.233 e. The smallest absolute Gasteiger partial charge is 0.136 e. The highest BCUT2D eigenvalue weighted by molar-refractivity contribution is 6.30. The molecule has 3 heteroatoms. The second-order valence-electron chi connectivity index (χ2n) is 4.95. The molecule has 2 rings (SSSR count). The fourth-order valence-electron chi connectivity index (χ4n) is 2.04. The summed E-state index contributed by atoms with van der Waals surface area (Å²) in [5.41, 5.74) is 5.57. The molecule has 0 saturated carbocycles. The van der Waals surface area contributed by atoms with Crippen LogP contribution in [0.3, 0.4) is 0 Å². The molecular weight excluding hydrogens is 256 g/mol. The second kappa shape index (κ2) is 5.70. The Bertz CT molecular complexity index is 606. The fourth-order valence-corrected chi connectivity index (χ4v) is 2.23. The van der Waals surface area contributed by atoms with Crippen LogP contribution in [0, 0.1) is 20.8 Å². The maximum absolute atomic E-state index is 6.22. The van der Waals surface area contributed by atoms with Gasteiger partial charge in [0.2, 0.25) is 0 Å². The van der Waals surface area contributed by atoms with E-state index >= 15 is 0 Å². The van der Waals surface area contributed by atoms with Gasteiger partial charge in [-0.05, 0) is 44.4 Å². The maximum atomic E-state index is 6.22. The monoisotopic (exact) mass is 274 g/mol. The maximum Gasteiger partial charge on any atom is 0.136 e. The van der Waals surface area contributed by atoms with E-state index in [0.29, 0.717) is 5.15 Å². The quantitative estimate of drug-likeness (QED) is 0.760. The molecule has 1 aromatic heterocycles. The van der Waals surface area contributed by atoms with Gasteiger partial charge in [0, 0.05) is 17.5 Å². The van der Waals surface area contributed by atoms with Gasteiger partial charge in [0.25, 0.3) is 0 Å². The van der Waals surface area contributed by atoms with Crippen molar-refractivity contribution in [1.29, 1.82) is 0 Å². The van der Waals surface area contributed by atoms with Crippen LogP contribution < -0.4 is 0 Å². The fraction of sp³-hybridized carbons (Fsp3) is 0.375. The highest BCUT2D eigenvalue weighted by Gasteiger charge is 2.11. The number of benzene rings is 1. The SMILES string of the molecule is CCCc1nc(Cl)c(C)c(-c2ccc(C)c(C)c2)n1. The van der Waals surface area contributed by atoms with E-state index in [2.05, 4.69) is 48.9 Å². The molecule has 0 unspecified atom stereocenters. The van der Waals surface area contributed by atoms with Crippen LogP contribution in [0.5, 0.6) is 0 Å². The molecule has 0 amide bonds. The summed E-state index contributed by atoms with van der Waals surface area (Å²) in [4.78, 5) is 9.01. The third-order valence-electron chi connectivity index (χ3n) is 3.39. The van der Waals surface area contributed by atoms with Crippen molar-refractivity contribution in [1.82, 2.24) is 9.97 Å². The van der Waals surface area contributed by atoms with E-state index in [4.69, 9.17) is 11.6 Å². The molecule has 0 fully saturated rings. The first kappa shape index (κ1) is 14.0. The minimum atomic E-state index is 0.562. The third-order valence-corrected chi connectivity index (χ3v) is 3.75. The van der Waals surface area contributed by atoms with Crippen molar-refractivity contribution in [3.63, 3.8) is 0 Å². The summed E-state index contributed by atoms with van der Waals surface area (Å²) in [7, 11) is 0. The Labute approximate surface area is 119 Å². The predicted molar refractivity (Wildman–Crippen MR) is 80.7 cm³/mol. The topological polar surface area (TPSA) is 25.8 Å². The van der Waals surface area contributed by atoms with Gasteiger partial charge in [-0.3, -0.25) is 0 Å². The molecule has 0 N–H and O–H groups in total. The summed E-state index contributed by atoms with van der Waals surface area (Å²) >= 11 is 6.22. The second-order valence-corrected chi connectivity index (χ2v) is 5.31. The summed E-state index contributed by atoms with van der Waals surface area (Å²) in [6, 6.07) is 6.39. The van der Waals surface area contributed by atoms with Gasteiger partial charge in [-0.25, -0.2) is 9.97 Å². The molecule has 0 aliphatic heterocycles. The van der Waals surface area contributed by atoms with E-state index < -0.39 is 0 Å². The Kier molecular flexibility index (Phi) is 4.20. The van der Waals surface area contributed by atoms with Gasteiger partial charge in [0.1, 0.15) is 11.0 Å². The average Bonchev–Trinajstić information content (AvgIpc) is 2.37. The number of hydrogen-bond acceptors (Lipinski definition) is 2. The molecule has 100 valence electrons. The third kappa shape index (κ3) is 2.95. The first-order valence-corrected chi connectivity index (χ1v) is 7.01. The van der Waals surface area contributed by atoms with Gasteiger partial charge < -0.3 is 0 Å². The molecule has 2 nitrogen and oxygen atoms in total. The summed E-state index contributed by atoms with van der Waals surface area (Å²) in [6.45, 7) is 8.32. The van der Waals surface area contributed by atoms with Crippen LogP contribution in [0.2, 0.25) is 5.15 Å². The lowest BCUT2D eigenvalue weighted by molar-refractivity contribution is 0.833. The number of halogens is 1. The number of nitrogens with zero attached hydrogens (tertiary/aromatic N) is 2. The van der Waals surface area contributed by atoms with Gasteiger partial charge in [-0.1, -0.05) is 30.7 Å². The van der Waals surface area contributed by atoms with Crippen molar-refractivity contribution in [2.24, 2.45) is 0 Å². The van der Waals surface area contributed by atoms with Crippen LogP contribution >= 0.6 is 11.6 Å². The van der Waals surface area contributed by atoms with Gasteiger partial charge in [0.15, 0.2) is 0 Å². The number of hydrogen-bond donors (Lipinski definition) is 0. The van der Waals surface area contributed by atoms with E-state index in [1.54, 1.807) is 0 Å². The zero-order chi connectivity index (χ0) is 14.0. The van der Waals surface area contributed by atoms with Crippen LogP contribution in [0.1, 0.15) is 35.9 Å². The first-order chi connectivity index (χ1) is 9.02. The van der Waals surface area contributed by atoms with Crippen LogP contribution in [-0.4, -0.2) is 9.97 Å². The van der Waals surface area contributed by atoms with E-state index in [-0.39, 0.29) is 0 Å². The summed E-state index contributed by atoms with van der Waals surface area (Å²) in [5.74, 6) is 0.825. The van der Waals surface area contributed by atoms with Crippen molar-refractivity contribution < 1.29 is 0 Å². The van der Waals surface area contributed by atoms with Crippen molar-refractivity contribution in [2.45, 2.75) is 40.5 Å². The standard InChI is InChI=1S/C16H19ClN2/c1-5-6-14-18-15(12(4)16(17)19-14)13-8-7-10(2)11(3)9-13/h7-9H,5-6H2,1-4H3. The Morgan fingerprint density at radius 1 is 1.05 bits per heavy atom. The van der Waals surface area contributed by atoms with Crippen molar-refractivity contribution in [2.75, 3.05) is 0 Å². The van der Waals surface area contributed by atoms with E-state index in [1.807, 2.05) is 6.92 Å². The number of aryl methyl sites for hydroxylation is 3. The van der Waals surface area contributed by atoms with Gasteiger partial charge in [-0.15, -0.1) is 0 Å². The Morgan fingerprint density at radius 3 is 2.42 bits per heavy atom. The zero-order valence-corrected chi connectivity index (χ0v) is 12.7. The normalized spacial score (nSPS) is 10.8. The Morgan fingerprint density at radius 2 is 1.79 bits per heavy atom. The van der Waals surface area contributed by atoms with Crippen LogP contribution in [0.25, 0.3) is 11.3 Å². The van der Waals surface area contributed by atoms with E-state index in [0.717, 1.165) is 35.5 Å². The lowest BCUT2D eigenvalue weighted by atomic mass is 10.0. The van der Waals surface area contributed by atoms with Crippen molar-refractivity contribution >= 4 is 11.6 Å². The molecule has 1 heterocycles. The molecule has 0 aliphatic carbocycles. The van der Waals surface area contributed by atoms with Gasteiger partial charge in [-0.2, -0.15) is 0 Å². The van der Waals surface area contributed by atoms with E-state index in [1.165, 1.54) is 11.1 Å². The highest BCUT2D eigenvalue weighted by Crippen LogP contribution is 2.27. The molecule has 1 aromatic carbocycles. The number of rotatable bonds is 3. The minimum absolute atomic E-state index is 0.562. The Balaban J connectivity index is 2.56. The minimum Gasteiger partial charge on any atom is -0.233 e. The molecule has 0 atom stereocenters. The molecule has 0 radical (unpaired) electrons. The van der Waals surface area contributed by atoms with Gasteiger partial charge in [0.05, 0.1) is 5.69 Å². The zero-order valence-electron chi connectivity index (χ0n) is 11.9. The molecular formula is C16H19ClN2. The summed E-state index contributed by atoms with van der Waals surface area (Å²) < 4.78 is 0. The predicted octanol–water partition coefficient (Wildman–Crippen LogP) is 4.67. The molecule has 0 aliphatic rings. The molecule has 0 spiro atoms. The van der Waals surface area contributed by atoms with Crippen LogP contribution in [0.15, 0.2) is 18.2 Å². The lowest BCUT2D eigenvalue weighted by Crippen LogP contribution is -2.01. The van der Waals surface area contributed by atoms with Gasteiger partial charge >= 0.3 is 0 Å². The average molecular weight is 275 g/mol. The number of aromatic nitrogens is 2. The van der Waals surface area contributed by atoms with Crippen LogP contribution in [0.4, 0.5) is 0 Å². The first-order valence-electron chi connectivity index (χ1n) is 6.63. The molecule has 0 bridgehead atoms. The van der Waals surface area contributed by atoms with Crippen molar-refractivity contribution in [3.8, 4) is 11.3 Å². The molecule has 2 aromatic rings. The molecule has 19 heavy (non-hydrogen) atoms. The Hall–Kier alpha value is -1.41. The van der Waals surface area contributed by atoms with Crippen molar-refractivity contribution in [3.05, 3.63) is 45.9 Å². The lowest BCUT2D eigenvalue weighted by Gasteiger charge is -2.10. The molecule has 0 saturated heterocycles. The van der Waals surface area contributed by atoms with Crippen LogP contribution in [-0.2, 0) is 6.42 Å². The summed E-state index contributed by atoms with van der Waals surface area (Å²) in [5, 5.41) is 0.562. The van der Waals surface area contributed by atoms with E-state index in [9.17, 15) is 0 Å². The summed E-state index contributed by atoms with van der Waals surface area (Å²) in [6.07, 6.45) is 1.88.